The molecule has 1 aliphatic rings. The summed E-state index contributed by atoms with van der Waals surface area (Å²) < 4.78 is 0. The van der Waals surface area contributed by atoms with Gasteiger partial charge in [0, 0.05) is 26.2 Å². The SMILES string of the molecule is CNc1ncnc(N2CC(O)CC2CN(C)C)c1[N+](=O)[O-]. The maximum Gasteiger partial charge on any atom is 0.353 e. The number of likely N-dealkylation sites (N-methyl/N-ethyl adjacent to an activating group) is 1. The third kappa shape index (κ3) is 3.19. The molecule has 9 nitrogen and oxygen atoms in total. The van der Waals surface area contributed by atoms with E-state index in [2.05, 4.69) is 15.3 Å². The van der Waals surface area contributed by atoms with Crippen molar-refractivity contribution in [3.05, 3.63) is 16.4 Å². The van der Waals surface area contributed by atoms with Crippen LogP contribution in [-0.4, -0.2) is 71.3 Å². The topological polar surface area (TPSA) is 108 Å². The average molecular weight is 296 g/mol. The van der Waals surface area contributed by atoms with Crippen LogP contribution in [0.5, 0.6) is 0 Å². The molecule has 0 aromatic carbocycles. The highest BCUT2D eigenvalue weighted by Gasteiger charge is 2.37. The molecule has 9 heteroatoms. The van der Waals surface area contributed by atoms with Crippen molar-refractivity contribution in [3.63, 3.8) is 0 Å². The van der Waals surface area contributed by atoms with E-state index >= 15 is 0 Å². The van der Waals surface area contributed by atoms with Crippen LogP contribution < -0.4 is 10.2 Å². The molecule has 1 aliphatic heterocycles. The predicted octanol–water partition coefficient (Wildman–Crippen LogP) is -0.0723. The van der Waals surface area contributed by atoms with E-state index < -0.39 is 11.0 Å². The Kier molecular flexibility index (Phi) is 4.53. The Morgan fingerprint density at radius 2 is 2.29 bits per heavy atom. The number of β-amino-alcohol motifs (C(OH)–C–C–N with tert-alkyl or cyclic N) is 1. The van der Waals surface area contributed by atoms with Crippen LogP contribution in [0.1, 0.15) is 6.42 Å². The van der Waals surface area contributed by atoms with Crippen molar-refractivity contribution in [1.82, 2.24) is 14.9 Å². The highest BCUT2D eigenvalue weighted by molar-refractivity contribution is 5.70. The largest absolute Gasteiger partial charge is 0.391 e. The van der Waals surface area contributed by atoms with E-state index in [0.29, 0.717) is 19.5 Å². The number of nitrogens with one attached hydrogen (secondary N) is 1. The zero-order valence-electron chi connectivity index (χ0n) is 12.4. The molecule has 0 bridgehead atoms. The molecule has 1 saturated heterocycles. The van der Waals surface area contributed by atoms with Crippen molar-refractivity contribution in [2.75, 3.05) is 44.4 Å². The second-order valence-electron chi connectivity index (χ2n) is 5.36. The number of nitro groups is 1. The summed E-state index contributed by atoms with van der Waals surface area (Å²) >= 11 is 0. The molecule has 0 radical (unpaired) electrons. The van der Waals surface area contributed by atoms with Crippen molar-refractivity contribution in [3.8, 4) is 0 Å². The molecule has 21 heavy (non-hydrogen) atoms. The molecule has 0 amide bonds. The zero-order chi connectivity index (χ0) is 15.6. The van der Waals surface area contributed by atoms with Crippen molar-refractivity contribution in [1.29, 1.82) is 0 Å². The maximum atomic E-state index is 11.4. The van der Waals surface area contributed by atoms with E-state index in [0.717, 1.165) is 0 Å². The van der Waals surface area contributed by atoms with E-state index in [4.69, 9.17) is 0 Å². The molecule has 2 heterocycles. The molecule has 116 valence electrons. The van der Waals surface area contributed by atoms with Gasteiger partial charge in [0.15, 0.2) is 0 Å². The Balaban J connectivity index is 2.42. The van der Waals surface area contributed by atoms with Gasteiger partial charge in [-0.1, -0.05) is 0 Å². The third-order valence-electron chi connectivity index (χ3n) is 3.46. The van der Waals surface area contributed by atoms with Gasteiger partial charge in [-0.15, -0.1) is 0 Å². The molecule has 2 unspecified atom stereocenters. The molecule has 2 atom stereocenters. The van der Waals surface area contributed by atoms with E-state index in [1.165, 1.54) is 6.33 Å². The van der Waals surface area contributed by atoms with Gasteiger partial charge in [0.2, 0.25) is 11.6 Å². The Morgan fingerprint density at radius 1 is 1.57 bits per heavy atom. The van der Waals surface area contributed by atoms with Gasteiger partial charge >= 0.3 is 5.69 Å². The summed E-state index contributed by atoms with van der Waals surface area (Å²) in [5.74, 6) is 0.428. The predicted molar refractivity (Wildman–Crippen MR) is 78.5 cm³/mol. The van der Waals surface area contributed by atoms with Crippen molar-refractivity contribution < 1.29 is 10.0 Å². The second-order valence-corrected chi connectivity index (χ2v) is 5.36. The van der Waals surface area contributed by atoms with E-state index in [-0.39, 0.29) is 23.4 Å². The Morgan fingerprint density at radius 3 is 2.86 bits per heavy atom. The zero-order valence-corrected chi connectivity index (χ0v) is 12.4. The number of nitrogens with zero attached hydrogens (tertiary/aromatic N) is 5. The standard InChI is InChI=1S/C12H20N6O3/c1-13-11-10(18(20)21)12(15-7-14-11)17-6-9(19)4-8(17)5-16(2)3/h7-9,19H,4-6H2,1-3H3,(H,13,14,15). The summed E-state index contributed by atoms with van der Waals surface area (Å²) in [6.07, 6.45) is 1.35. The van der Waals surface area contributed by atoms with Crippen LogP contribution in [0.2, 0.25) is 0 Å². The van der Waals surface area contributed by atoms with Crippen molar-refractivity contribution in [2.45, 2.75) is 18.6 Å². The van der Waals surface area contributed by atoms with Gasteiger partial charge in [0.25, 0.3) is 0 Å². The quantitative estimate of drug-likeness (QED) is 0.574. The van der Waals surface area contributed by atoms with Gasteiger partial charge in [-0.3, -0.25) is 10.1 Å². The van der Waals surface area contributed by atoms with Gasteiger partial charge in [0.05, 0.1) is 11.0 Å². The molecular formula is C12H20N6O3. The lowest BCUT2D eigenvalue weighted by atomic mass is 10.2. The number of aromatic nitrogens is 2. The molecule has 2 rings (SSSR count). The first-order valence-electron chi connectivity index (χ1n) is 6.70. The molecule has 0 aliphatic carbocycles. The van der Waals surface area contributed by atoms with Crippen molar-refractivity contribution in [2.24, 2.45) is 0 Å². The lowest BCUT2D eigenvalue weighted by molar-refractivity contribution is -0.383. The molecule has 1 aromatic heterocycles. The van der Waals surface area contributed by atoms with Gasteiger partial charge in [-0.05, 0) is 20.5 Å². The fourth-order valence-corrected chi connectivity index (χ4v) is 2.68. The first kappa shape index (κ1) is 15.4. The Hall–Kier alpha value is -2.00. The lowest BCUT2D eigenvalue weighted by Gasteiger charge is -2.27. The summed E-state index contributed by atoms with van der Waals surface area (Å²) in [5, 5.41) is 24.0. The first-order valence-corrected chi connectivity index (χ1v) is 6.70. The number of aliphatic hydroxyl groups is 1. The normalized spacial score (nSPS) is 21.9. The Bertz CT molecular complexity index is 524. The average Bonchev–Trinajstić information content (AvgIpc) is 2.77. The van der Waals surface area contributed by atoms with Crippen LogP contribution in [0.4, 0.5) is 17.3 Å². The van der Waals surface area contributed by atoms with Gasteiger partial charge in [-0.2, -0.15) is 0 Å². The second kappa shape index (κ2) is 6.19. The lowest BCUT2D eigenvalue weighted by Crippen LogP contribution is -2.38. The third-order valence-corrected chi connectivity index (χ3v) is 3.46. The summed E-state index contributed by atoms with van der Waals surface area (Å²) in [7, 11) is 5.43. The maximum absolute atomic E-state index is 11.4. The van der Waals surface area contributed by atoms with Crippen LogP contribution in [0.15, 0.2) is 6.33 Å². The van der Waals surface area contributed by atoms with Gasteiger partial charge in [0.1, 0.15) is 6.33 Å². The number of hydrogen-bond donors (Lipinski definition) is 2. The van der Waals surface area contributed by atoms with Crippen LogP contribution in [0, 0.1) is 10.1 Å². The van der Waals surface area contributed by atoms with Crippen molar-refractivity contribution >= 4 is 17.3 Å². The Labute approximate surface area is 122 Å². The molecule has 0 saturated carbocycles. The minimum atomic E-state index is -0.512. The summed E-state index contributed by atoms with van der Waals surface area (Å²) in [5.41, 5.74) is -0.155. The fraction of sp³-hybridized carbons (Fsp3) is 0.667. The summed E-state index contributed by atoms with van der Waals surface area (Å²) in [6.45, 7) is 1.02. The number of aliphatic hydroxyl groups excluding tert-OH is 1. The number of rotatable bonds is 5. The molecule has 2 N–H and O–H groups in total. The van der Waals surface area contributed by atoms with E-state index in [1.807, 2.05) is 19.0 Å². The van der Waals surface area contributed by atoms with Crippen LogP contribution in [-0.2, 0) is 0 Å². The van der Waals surface area contributed by atoms with E-state index in [9.17, 15) is 15.2 Å². The van der Waals surface area contributed by atoms with Gasteiger partial charge < -0.3 is 20.2 Å². The molecule has 1 fully saturated rings. The fourth-order valence-electron chi connectivity index (χ4n) is 2.68. The molecule has 0 spiro atoms. The van der Waals surface area contributed by atoms with Gasteiger partial charge in [-0.25, -0.2) is 9.97 Å². The highest BCUT2D eigenvalue weighted by atomic mass is 16.6. The minimum absolute atomic E-state index is 0.0201. The van der Waals surface area contributed by atoms with Crippen LogP contribution >= 0.6 is 0 Å². The minimum Gasteiger partial charge on any atom is -0.391 e. The van der Waals surface area contributed by atoms with E-state index in [1.54, 1.807) is 11.9 Å². The smallest absolute Gasteiger partial charge is 0.353 e. The molecular weight excluding hydrogens is 276 g/mol. The summed E-state index contributed by atoms with van der Waals surface area (Å²) in [6, 6.07) is -0.0201. The first-order chi connectivity index (χ1) is 9.93. The van der Waals surface area contributed by atoms with Crippen LogP contribution in [0.25, 0.3) is 0 Å². The monoisotopic (exact) mass is 296 g/mol. The van der Waals surface area contributed by atoms with Crippen LogP contribution in [0.3, 0.4) is 0 Å². The number of anilines is 2. The summed E-state index contributed by atoms with van der Waals surface area (Å²) in [4.78, 5) is 22.6. The highest BCUT2D eigenvalue weighted by Crippen LogP contribution is 2.35. The number of hydrogen-bond acceptors (Lipinski definition) is 8. The molecule has 1 aromatic rings.